The first-order chi connectivity index (χ1) is 12.9. The van der Waals surface area contributed by atoms with Crippen LogP contribution in [0.2, 0.25) is 0 Å². The average Bonchev–Trinajstić information content (AvgIpc) is 2.61. The van der Waals surface area contributed by atoms with Crippen LogP contribution in [0.25, 0.3) is 0 Å². The lowest BCUT2D eigenvalue weighted by Gasteiger charge is -2.20. The molecule has 0 N–H and O–H groups in total. The Balaban J connectivity index is 2.69. The van der Waals surface area contributed by atoms with Crippen molar-refractivity contribution in [3.63, 3.8) is 0 Å². The Kier molecular flexibility index (Phi) is 11.7. The van der Waals surface area contributed by atoms with Gasteiger partial charge < -0.3 is 9.26 Å². The van der Waals surface area contributed by atoms with Crippen molar-refractivity contribution in [3.05, 3.63) is 42.0 Å². The number of carbonyl (C=O) groups is 1. The highest BCUT2D eigenvalue weighted by atomic mass is 32.2. The third-order valence-electron chi connectivity index (χ3n) is 3.71. The smallest absolute Gasteiger partial charge is 0.334 e. The number of allylic oxidation sites excluding steroid dienone is 1. The molecule has 0 aliphatic heterocycles. The fraction of sp³-hybridized carbons (Fsp3) is 0.571. The molecular weight excluding hydrogens is 379 g/mol. The number of unbranched alkanes of at least 4 members (excludes halogenated alkanes) is 1. The molecule has 1 rings (SSSR count). The molecule has 0 aromatic heterocycles. The Morgan fingerprint density at radius 1 is 1.19 bits per heavy atom. The second kappa shape index (κ2) is 13.2. The minimum absolute atomic E-state index is 0.156. The normalized spacial score (nSPS) is 14.2. The lowest BCUT2D eigenvalue weighted by Crippen LogP contribution is -2.14. The monoisotopic (exact) mass is 412 g/mol. The molecule has 1 atom stereocenters. The number of benzene rings is 1. The van der Waals surface area contributed by atoms with Crippen molar-refractivity contribution in [2.45, 2.75) is 45.4 Å². The lowest BCUT2D eigenvalue weighted by molar-refractivity contribution is -0.138. The first kappa shape index (κ1) is 24.0. The van der Waals surface area contributed by atoms with E-state index in [9.17, 15) is 9.36 Å². The Labute approximate surface area is 168 Å². The topological polar surface area (TPSA) is 52.6 Å². The van der Waals surface area contributed by atoms with Gasteiger partial charge in [0, 0.05) is 16.6 Å². The minimum Gasteiger partial charge on any atom is -0.463 e. The molecule has 1 unspecified atom stereocenters. The van der Waals surface area contributed by atoms with E-state index < -0.39 is 7.37 Å². The van der Waals surface area contributed by atoms with Gasteiger partial charge in [-0.15, -0.1) is 11.8 Å². The van der Waals surface area contributed by atoms with E-state index in [4.69, 9.17) is 9.26 Å². The minimum atomic E-state index is -2.89. The summed E-state index contributed by atoms with van der Waals surface area (Å²) in [5.74, 6) is 0.830. The summed E-state index contributed by atoms with van der Waals surface area (Å²) in [5.41, 5.74) is 0.485. The van der Waals surface area contributed by atoms with Crippen molar-refractivity contribution < 1.29 is 18.6 Å². The molecule has 0 saturated heterocycles. The maximum atomic E-state index is 13.1. The number of rotatable bonds is 13. The predicted octanol–water partition coefficient (Wildman–Crippen LogP) is 6.02. The van der Waals surface area contributed by atoms with E-state index >= 15 is 0 Å². The van der Waals surface area contributed by atoms with Gasteiger partial charge in [0.25, 0.3) is 0 Å². The summed E-state index contributed by atoms with van der Waals surface area (Å²) in [6.45, 7) is 8.33. The van der Waals surface area contributed by atoms with E-state index in [0.717, 1.165) is 18.6 Å². The van der Waals surface area contributed by atoms with Gasteiger partial charge in [-0.1, -0.05) is 38.1 Å². The molecule has 4 nitrogen and oxygen atoms in total. The molecule has 0 fully saturated rings. The van der Waals surface area contributed by atoms with Crippen molar-refractivity contribution in [3.8, 4) is 0 Å². The zero-order valence-corrected chi connectivity index (χ0v) is 18.7. The van der Waals surface area contributed by atoms with Crippen LogP contribution < -0.4 is 0 Å². The molecular formula is C21H33O4PS. The maximum absolute atomic E-state index is 13.1. The predicted molar refractivity (Wildman–Crippen MR) is 115 cm³/mol. The zero-order valence-electron chi connectivity index (χ0n) is 17.0. The molecule has 0 radical (unpaired) electrons. The second-order valence-electron chi connectivity index (χ2n) is 6.72. The molecule has 0 aliphatic rings. The number of carbonyl (C=O) groups excluding carboxylic acids is 1. The second-order valence-corrected chi connectivity index (χ2v) is 10.5. The van der Waals surface area contributed by atoms with Crippen LogP contribution in [-0.4, -0.2) is 37.3 Å². The molecule has 27 heavy (non-hydrogen) atoms. The van der Waals surface area contributed by atoms with Crippen LogP contribution in [0, 0.1) is 5.92 Å². The van der Waals surface area contributed by atoms with Gasteiger partial charge in [-0.25, -0.2) is 4.79 Å². The van der Waals surface area contributed by atoms with E-state index in [2.05, 4.69) is 12.1 Å². The quantitative estimate of drug-likeness (QED) is 0.130. The molecule has 0 amide bonds. The number of ether oxygens (including phenoxy) is 1. The first-order valence-electron chi connectivity index (χ1n) is 9.66. The van der Waals surface area contributed by atoms with E-state index in [1.807, 2.05) is 45.0 Å². The first-order valence-corrected chi connectivity index (χ1v) is 12.6. The van der Waals surface area contributed by atoms with Crippen molar-refractivity contribution in [2.24, 2.45) is 5.92 Å². The van der Waals surface area contributed by atoms with E-state index in [1.165, 1.54) is 4.90 Å². The standard InChI is InChI=1S/C21H33O4PS/c1-5-24-21(22)19(17-26(23,25-6-2)16-18(3)4)12-10-11-15-27-20-13-8-7-9-14-20/h7-9,12-14,18H,5-6,10-11,15-17H2,1-4H3/b19-12+. The number of hydrogen-bond donors (Lipinski definition) is 0. The highest BCUT2D eigenvalue weighted by Gasteiger charge is 2.28. The number of thioether (sulfide) groups is 1. The fourth-order valence-electron chi connectivity index (χ4n) is 2.72. The number of esters is 1. The van der Waals surface area contributed by atoms with Crippen LogP contribution in [0.4, 0.5) is 0 Å². The third kappa shape index (κ3) is 10.2. The molecule has 0 bridgehead atoms. The Bertz CT molecular complexity index is 628. The SMILES string of the molecule is CCOC(=O)/C(=C/CCCSc1ccccc1)CP(=O)(CC(C)C)OCC. The molecule has 0 spiro atoms. The van der Waals surface area contributed by atoms with Crippen molar-refractivity contribution in [1.29, 1.82) is 0 Å². The molecule has 6 heteroatoms. The van der Waals surface area contributed by atoms with Crippen molar-refractivity contribution >= 4 is 25.1 Å². The molecule has 0 heterocycles. The van der Waals surface area contributed by atoms with Crippen molar-refractivity contribution in [1.82, 2.24) is 0 Å². The van der Waals surface area contributed by atoms with Crippen molar-refractivity contribution in [2.75, 3.05) is 31.3 Å². The van der Waals surface area contributed by atoms with Gasteiger partial charge in [-0.3, -0.25) is 4.57 Å². The summed E-state index contributed by atoms with van der Waals surface area (Å²) in [7, 11) is -2.89. The summed E-state index contributed by atoms with van der Waals surface area (Å²) < 4.78 is 23.9. The maximum Gasteiger partial charge on any atom is 0.334 e. The van der Waals surface area contributed by atoms with Gasteiger partial charge >= 0.3 is 5.97 Å². The van der Waals surface area contributed by atoms with E-state index in [-0.39, 0.29) is 18.0 Å². The van der Waals surface area contributed by atoms with Gasteiger partial charge in [0.2, 0.25) is 7.37 Å². The largest absolute Gasteiger partial charge is 0.463 e. The van der Waals surface area contributed by atoms with Gasteiger partial charge in [0.05, 0.1) is 19.4 Å². The summed E-state index contributed by atoms with van der Waals surface area (Å²) >= 11 is 1.80. The molecule has 0 saturated carbocycles. The summed E-state index contributed by atoms with van der Waals surface area (Å²) in [5, 5.41) is 0. The Hall–Kier alpha value is -1.03. The zero-order chi connectivity index (χ0) is 20.1. The van der Waals surface area contributed by atoms with Gasteiger partial charge in [0.15, 0.2) is 0 Å². The molecule has 152 valence electrons. The van der Waals surface area contributed by atoms with Crippen LogP contribution in [0.3, 0.4) is 0 Å². The third-order valence-corrected chi connectivity index (χ3v) is 7.64. The van der Waals surface area contributed by atoms with Crippen LogP contribution in [0.1, 0.15) is 40.5 Å². The molecule has 0 aliphatic carbocycles. The van der Waals surface area contributed by atoms with Gasteiger partial charge in [-0.05, 0) is 50.5 Å². The highest BCUT2D eigenvalue weighted by molar-refractivity contribution is 7.99. The highest BCUT2D eigenvalue weighted by Crippen LogP contribution is 2.50. The Morgan fingerprint density at radius 3 is 2.48 bits per heavy atom. The van der Waals surface area contributed by atoms with E-state index in [0.29, 0.717) is 24.9 Å². The van der Waals surface area contributed by atoms with Crippen LogP contribution >= 0.6 is 19.1 Å². The number of hydrogen-bond acceptors (Lipinski definition) is 5. The molecule has 1 aromatic rings. The average molecular weight is 413 g/mol. The summed E-state index contributed by atoms with van der Waals surface area (Å²) in [6, 6.07) is 10.2. The van der Waals surface area contributed by atoms with Gasteiger partial charge in [-0.2, -0.15) is 0 Å². The fourth-order valence-corrected chi connectivity index (χ4v) is 6.30. The van der Waals surface area contributed by atoms with Gasteiger partial charge in [0.1, 0.15) is 0 Å². The van der Waals surface area contributed by atoms with Crippen LogP contribution in [-0.2, 0) is 18.6 Å². The Morgan fingerprint density at radius 2 is 1.89 bits per heavy atom. The van der Waals surface area contributed by atoms with Crippen LogP contribution in [0.15, 0.2) is 46.9 Å². The summed E-state index contributed by atoms with van der Waals surface area (Å²) in [6.07, 6.45) is 4.20. The van der Waals surface area contributed by atoms with E-state index in [1.54, 1.807) is 18.7 Å². The van der Waals surface area contributed by atoms with Crippen LogP contribution in [0.5, 0.6) is 0 Å². The molecule has 1 aromatic carbocycles. The summed E-state index contributed by atoms with van der Waals surface area (Å²) in [4.78, 5) is 13.6. The lowest BCUT2D eigenvalue weighted by atomic mass is 10.2.